The van der Waals surface area contributed by atoms with E-state index in [0.717, 1.165) is 37.0 Å². The van der Waals surface area contributed by atoms with Crippen molar-refractivity contribution < 1.29 is 4.52 Å². The molecule has 2 unspecified atom stereocenters. The first-order valence-corrected chi connectivity index (χ1v) is 7.16. The van der Waals surface area contributed by atoms with Crippen LogP contribution in [0, 0.1) is 12.8 Å². The van der Waals surface area contributed by atoms with Gasteiger partial charge in [0.05, 0.1) is 5.69 Å². The summed E-state index contributed by atoms with van der Waals surface area (Å²) in [5.74, 6) is 1.83. The Morgan fingerprint density at radius 2 is 2.33 bits per heavy atom. The summed E-state index contributed by atoms with van der Waals surface area (Å²) in [6, 6.07) is 3.39. The summed E-state index contributed by atoms with van der Waals surface area (Å²) in [5.41, 5.74) is 1.07. The fourth-order valence-corrected chi connectivity index (χ4v) is 2.99. The van der Waals surface area contributed by atoms with Crippen LogP contribution < -0.4 is 5.32 Å². The minimum atomic E-state index is 0.636. The molecule has 0 bridgehead atoms. The Kier molecular flexibility index (Phi) is 3.39. The summed E-state index contributed by atoms with van der Waals surface area (Å²) in [6.45, 7) is 7.44. The van der Waals surface area contributed by atoms with Crippen LogP contribution in [0.25, 0.3) is 0 Å². The molecule has 1 N–H and O–H groups in total. The van der Waals surface area contributed by atoms with Gasteiger partial charge in [0.25, 0.3) is 0 Å². The lowest BCUT2D eigenvalue weighted by atomic mass is 10.0. The number of nitrogens with zero attached hydrogens (tertiary/aromatic N) is 2. The molecule has 2 aliphatic rings. The summed E-state index contributed by atoms with van der Waals surface area (Å²) in [7, 11) is 0. The van der Waals surface area contributed by atoms with Crippen LogP contribution >= 0.6 is 0 Å². The van der Waals surface area contributed by atoms with Crippen molar-refractivity contribution in [3.63, 3.8) is 0 Å². The van der Waals surface area contributed by atoms with E-state index in [1.54, 1.807) is 0 Å². The van der Waals surface area contributed by atoms with E-state index in [1.165, 1.54) is 19.3 Å². The summed E-state index contributed by atoms with van der Waals surface area (Å²) >= 11 is 0. The van der Waals surface area contributed by atoms with Crippen molar-refractivity contribution in [2.75, 3.05) is 13.1 Å². The molecule has 0 aromatic carbocycles. The average Bonchev–Trinajstić information content (AvgIpc) is 3.14. The van der Waals surface area contributed by atoms with Gasteiger partial charge in [-0.25, -0.2) is 0 Å². The number of hydrogen-bond acceptors (Lipinski definition) is 4. The van der Waals surface area contributed by atoms with E-state index in [-0.39, 0.29) is 0 Å². The third-order valence-electron chi connectivity index (χ3n) is 4.27. The molecule has 4 heteroatoms. The van der Waals surface area contributed by atoms with E-state index in [4.69, 9.17) is 4.52 Å². The van der Waals surface area contributed by atoms with Crippen molar-refractivity contribution in [2.24, 2.45) is 5.92 Å². The second-order valence-corrected chi connectivity index (χ2v) is 5.77. The van der Waals surface area contributed by atoms with Gasteiger partial charge in [-0.15, -0.1) is 0 Å². The number of aromatic nitrogens is 1. The lowest BCUT2D eigenvalue weighted by Crippen LogP contribution is -2.56. The quantitative estimate of drug-likeness (QED) is 0.885. The molecule has 1 aromatic heterocycles. The lowest BCUT2D eigenvalue weighted by molar-refractivity contribution is 0.109. The maximum atomic E-state index is 5.17. The molecule has 0 amide bonds. The number of aryl methyl sites for hydroxylation is 1. The molecule has 2 fully saturated rings. The molecule has 18 heavy (non-hydrogen) atoms. The third kappa shape index (κ3) is 2.59. The highest BCUT2D eigenvalue weighted by Gasteiger charge is 2.36. The zero-order valence-electron chi connectivity index (χ0n) is 11.4. The SMILES string of the molecule is CCC1CNC(C2CC2)CN1Cc1cc(C)on1. The summed E-state index contributed by atoms with van der Waals surface area (Å²) in [4.78, 5) is 2.58. The highest BCUT2D eigenvalue weighted by atomic mass is 16.5. The Hall–Kier alpha value is -0.870. The van der Waals surface area contributed by atoms with Crippen LogP contribution in [-0.4, -0.2) is 35.2 Å². The van der Waals surface area contributed by atoms with E-state index >= 15 is 0 Å². The van der Waals surface area contributed by atoms with E-state index in [0.29, 0.717) is 12.1 Å². The first-order valence-electron chi connectivity index (χ1n) is 7.16. The normalized spacial score (nSPS) is 29.7. The molecular weight excluding hydrogens is 226 g/mol. The van der Waals surface area contributed by atoms with Crippen LogP contribution in [0.2, 0.25) is 0 Å². The summed E-state index contributed by atoms with van der Waals surface area (Å²) in [5, 5.41) is 7.84. The van der Waals surface area contributed by atoms with Crippen molar-refractivity contribution in [1.82, 2.24) is 15.4 Å². The molecule has 0 spiro atoms. The predicted molar refractivity (Wildman–Crippen MR) is 70.2 cm³/mol. The van der Waals surface area contributed by atoms with Gasteiger partial charge >= 0.3 is 0 Å². The van der Waals surface area contributed by atoms with Gasteiger partial charge in [-0.1, -0.05) is 12.1 Å². The van der Waals surface area contributed by atoms with Gasteiger partial charge in [0, 0.05) is 37.8 Å². The fourth-order valence-electron chi connectivity index (χ4n) is 2.99. The molecule has 3 rings (SSSR count). The Balaban J connectivity index is 1.65. The van der Waals surface area contributed by atoms with Crippen molar-refractivity contribution in [3.05, 3.63) is 17.5 Å². The van der Waals surface area contributed by atoms with Crippen LogP contribution in [0.15, 0.2) is 10.6 Å². The van der Waals surface area contributed by atoms with E-state index < -0.39 is 0 Å². The monoisotopic (exact) mass is 249 g/mol. The molecule has 100 valence electrons. The minimum absolute atomic E-state index is 0.636. The molecule has 4 nitrogen and oxygen atoms in total. The molecule has 1 saturated heterocycles. The van der Waals surface area contributed by atoms with Crippen molar-refractivity contribution in [1.29, 1.82) is 0 Å². The zero-order chi connectivity index (χ0) is 12.5. The van der Waals surface area contributed by atoms with E-state index in [2.05, 4.69) is 28.4 Å². The second kappa shape index (κ2) is 5.02. The van der Waals surface area contributed by atoms with Crippen LogP contribution in [-0.2, 0) is 6.54 Å². The van der Waals surface area contributed by atoms with Crippen molar-refractivity contribution in [3.8, 4) is 0 Å². The topological polar surface area (TPSA) is 41.3 Å². The number of nitrogens with one attached hydrogen (secondary N) is 1. The van der Waals surface area contributed by atoms with Gasteiger partial charge in [-0.2, -0.15) is 0 Å². The summed E-state index contributed by atoms with van der Waals surface area (Å²) < 4.78 is 5.17. The largest absolute Gasteiger partial charge is 0.361 e. The van der Waals surface area contributed by atoms with E-state index in [9.17, 15) is 0 Å². The first kappa shape index (κ1) is 12.2. The predicted octanol–water partition coefficient (Wildman–Crippen LogP) is 1.95. The van der Waals surface area contributed by atoms with Gasteiger partial charge in [-0.05, 0) is 32.1 Å². The molecule has 0 radical (unpaired) electrons. The zero-order valence-corrected chi connectivity index (χ0v) is 11.4. The van der Waals surface area contributed by atoms with Gasteiger partial charge in [0.15, 0.2) is 0 Å². The average molecular weight is 249 g/mol. The van der Waals surface area contributed by atoms with Crippen LogP contribution in [0.4, 0.5) is 0 Å². The molecule has 1 aliphatic carbocycles. The Morgan fingerprint density at radius 1 is 1.50 bits per heavy atom. The van der Waals surface area contributed by atoms with Crippen LogP contribution in [0.5, 0.6) is 0 Å². The molecular formula is C14H23N3O. The summed E-state index contributed by atoms with van der Waals surface area (Å²) in [6.07, 6.45) is 4.01. The second-order valence-electron chi connectivity index (χ2n) is 5.77. The molecule has 2 atom stereocenters. The number of rotatable bonds is 4. The third-order valence-corrected chi connectivity index (χ3v) is 4.27. The van der Waals surface area contributed by atoms with Crippen LogP contribution in [0.3, 0.4) is 0 Å². The fraction of sp³-hybridized carbons (Fsp3) is 0.786. The van der Waals surface area contributed by atoms with Gasteiger partial charge < -0.3 is 9.84 Å². The van der Waals surface area contributed by atoms with Crippen molar-refractivity contribution in [2.45, 2.75) is 51.7 Å². The maximum Gasteiger partial charge on any atom is 0.133 e. The van der Waals surface area contributed by atoms with Crippen molar-refractivity contribution >= 4 is 0 Å². The van der Waals surface area contributed by atoms with Crippen LogP contribution in [0.1, 0.15) is 37.6 Å². The Bertz CT molecular complexity index is 399. The molecule has 1 aliphatic heterocycles. The number of hydrogen-bond donors (Lipinski definition) is 1. The highest BCUT2D eigenvalue weighted by Crippen LogP contribution is 2.34. The first-order chi connectivity index (χ1) is 8.76. The number of piperazine rings is 1. The molecule has 2 heterocycles. The van der Waals surface area contributed by atoms with Gasteiger partial charge in [0.2, 0.25) is 0 Å². The highest BCUT2D eigenvalue weighted by molar-refractivity contribution is 5.05. The maximum absolute atomic E-state index is 5.17. The van der Waals surface area contributed by atoms with Gasteiger partial charge in [0.1, 0.15) is 5.76 Å². The molecule has 1 aromatic rings. The molecule has 1 saturated carbocycles. The lowest BCUT2D eigenvalue weighted by Gasteiger charge is -2.40. The standard InChI is InChI=1S/C14H23N3O/c1-3-13-7-15-14(11-4-5-11)9-17(13)8-12-6-10(2)18-16-12/h6,11,13-15H,3-5,7-9H2,1-2H3. The van der Waals surface area contributed by atoms with Gasteiger partial charge in [-0.3, -0.25) is 4.90 Å². The Labute approximate surface area is 109 Å². The smallest absolute Gasteiger partial charge is 0.133 e. The minimum Gasteiger partial charge on any atom is -0.361 e. The van der Waals surface area contributed by atoms with E-state index in [1.807, 2.05) is 6.92 Å². The Morgan fingerprint density at radius 3 is 2.94 bits per heavy atom.